The number of nitrogens with one attached hydrogen (secondary N) is 2. The summed E-state index contributed by atoms with van der Waals surface area (Å²) >= 11 is 1.73. The number of carbonyl (C=O) groups excluding carboxylic acids is 2. The molecule has 1 aliphatic heterocycles. The average molecular weight is 444 g/mol. The minimum absolute atomic E-state index is 0. The molecule has 2 amide bonds. The Morgan fingerprint density at radius 3 is 2.66 bits per heavy atom. The number of fused-ring (bicyclic) bond motifs is 1. The van der Waals surface area contributed by atoms with Gasteiger partial charge < -0.3 is 38.2 Å². The van der Waals surface area contributed by atoms with Crippen LogP contribution in [0.25, 0.3) is 0 Å². The molecule has 1 atom stereocenters. The second kappa shape index (κ2) is 11.5. The van der Waals surface area contributed by atoms with E-state index in [1.165, 1.54) is 0 Å². The van der Waals surface area contributed by atoms with Crippen LogP contribution in [0.1, 0.15) is 32.1 Å². The Bertz CT molecular complexity index is 698. The van der Waals surface area contributed by atoms with Crippen molar-refractivity contribution in [3.63, 3.8) is 0 Å². The number of quaternary nitrogens is 1. The number of hydrogen-bond donors (Lipinski definition) is 3. The Labute approximate surface area is 182 Å². The summed E-state index contributed by atoms with van der Waals surface area (Å²) in [4.78, 5) is 24.6. The Morgan fingerprint density at radius 2 is 1.93 bits per heavy atom. The summed E-state index contributed by atoms with van der Waals surface area (Å²) in [6.45, 7) is 0.903. The molecule has 0 spiro atoms. The van der Waals surface area contributed by atoms with Gasteiger partial charge in [0.25, 0.3) is 5.91 Å². The minimum atomic E-state index is -0.184. The summed E-state index contributed by atoms with van der Waals surface area (Å²) < 4.78 is 10.6. The van der Waals surface area contributed by atoms with Crippen LogP contribution in [0.4, 0.5) is 5.69 Å². The van der Waals surface area contributed by atoms with Gasteiger partial charge in [0.2, 0.25) is 12.7 Å². The maximum atomic E-state index is 12.6. The molecule has 5 N–H and O–H groups in total. The first-order valence-corrected chi connectivity index (χ1v) is 11.3. The SMILES string of the molecule is CSCC[C@H]([NH3+])C(=O)NCC1CCC(C(=O)Nc2ccc3c(c2)OCO3)CC1.[Cl-]. The van der Waals surface area contributed by atoms with Crippen molar-refractivity contribution in [3.8, 4) is 11.5 Å². The first-order chi connectivity index (χ1) is 13.6. The molecule has 29 heavy (non-hydrogen) atoms. The van der Waals surface area contributed by atoms with Crippen LogP contribution in [0.3, 0.4) is 0 Å². The predicted octanol–water partition coefficient (Wildman–Crippen LogP) is -1.36. The van der Waals surface area contributed by atoms with Crippen LogP contribution in [-0.4, -0.2) is 43.2 Å². The van der Waals surface area contributed by atoms with Crippen LogP contribution in [-0.2, 0) is 9.59 Å². The second-order valence-corrected chi connectivity index (χ2v) is 8.48. The lowest BCUT2D eigenvalue weighted by molar-refractivity contribution is -0.403. The highest BCUT2D eigenvalue weighted by molar-refractivity contribution is 7.98. The van der Waals surface area contributed by atoms with Crippen LogP contribution >= 0.6 is 11.8 Å². The predicted molar refractivity (Wildman–Crippen MR) is 109 cm³/mol. The molecule has 9 heteroatoms. The zero-order chi connectivity index (χ0) is 19.9. The Balaban J connectivity index is 0.00000300. The summed E-state index contributed by atoms with van der Waals surface area (Å²) in [5.41, 5.74) is 4.67. The van der Waals surface area contributed by atoms with Gasteiger partial charge in [0.1, 0.15) is 0 Å². The van der Waals surface area contributed by atoms with E-state index in [4.69, 9.17) is 9.47 Å². The topological polar surface area (TPSA) is 104 Å². The van der Waals surface area contributed by atoms with Crippen molar-refractivity contribution in [2.75, 3.05) is 30.7 Å². The van der Waals surface area contributed by atoms with E-state index in [-0.39, 0.29) is 43.0 Å². The van der Waals surface area contributed by atoms with Gasteiger partial charge in [-0.15, -0.1) is 0 Å². The van der Waals surface area contributed by atoms with Crippen LogP contribution in [0.5, 0.6) is 11.5 Å². The third-order valence-corrected chi connectivity index (χ3v) is 6.11. The molecule has 1 aromatic carbocycles. The summed E-state index contributed by atoms with van der Waals surface area (Å²) in [5, 5.41) is 6.02. The van der Waals surface area contributed by atoms with Crippen molar-refractivity contribution in [2.45, 2.75) is 38.1 Å². The van der Waals surface area contributed by atoms with Gasteiger partial charge in [0.15, 0.2) is 17.5 Å². The number of thioether (sulfide) groups is 1. The highest BCUT2D eigenvalue weighted by Gasteiger charge is 2.27. The van der Waals surface area contributed by atoms with Crippen molar-refractivity contribution in [1.82, 2.24) is 5.32 Å². The summed E-state index contributed by atoms with van der Waals surface area (Å²) in [6, 6.07) is 5.26. The van der Waals surface area contributed by atoms with Crippen molar-refractivity contribution in [3.05, 3.63) is 18.2 Å². The number of benzene rings is 1. The zero-order valence-electron chi connectivity index (χ0n) is 16.7. The van der Waals surface area contributed by atoms with Crippen LogP contribution in [0.2, 0.25) is 0 Å². The monoisotopic (exact) mass is 443 g/mol. The fraction of sp³-hybridized carbons (Fsp3) is 0.600. The van der Waals surface area contributed by atoms with Gasteiger partial charge in [0, 0.05) is 30.6 Å². The molecule has 1 fully saturated rings. The number of amides is 2. The number of hydrogen-bond acceptors (Lipinski definition) is 5. The Morgan fingerprint density at radius 1 is 1.21 bits per heavy atom. The molecule has 0 unspecified atom stereocenters. The smallest absolute Gasteiger partial charge is 0.278 e. The van der Waals surface area contributed by atoms with E-state index < -0.39 is 0 Å². The fourth-order valence-electron chi connectivity index (χ4n) is 3.63. The lowest BCUT2D eigenvalue weighted by Gasteiger charge is -2.28. The molecular formula is C20H30ClN3O4S. The van der Waals surface area contributed by atoms with Crippen LogP contribution < -0.4 is 38.2 Å². The Kier molecular flexibility index (Phi) is 9.39. The molecule has 1 aromatic rings. The molecule has 0 aromatic heterocycles. The molecular weight excluding hydrogens is 414 g/mol. The molecule has 2 aliphatic rings. The highest BCUT2D eigenvalue weighted by Crippen LogP contribution is 2.35. The standard InChI is InChI=1S/C20H29N3O4S.ClH/c1-28-9-8-16(21)20(25)22-11-13-2-4-14(5-3-13)19(24)23-15-6-7-17-18(10-15)27-12-26-17;/h6-7,10,13-14,16H,2-5,8-9,11-12,21H2,1H3,(H,22,25)(H,23,24);1H/t13?,14?,16-;/m0./s1. The first kappa shape index (κ1) is 23.6. The number of halogens is 1. The quantitative estimate of drug-likeness (QED) is 0.460. The molecule has 0 radical (unpaired) electrons. The van der Waals surface area contributed by atoms with E-state index in [9.17, 15) is 9.59 Å². The molecule has 1 aliphatic carbocycles. The van der Waals surface area contributed by atoms with Gasteiger partial charge in [-0.2, -0.15) is 11.8 Å². The van der Waals surface area contributed by atoms with E-state index in [0.717, 1.165) is 43.5 Å². The second-order valence-electron chi connectivity index (χ2n) is 7.50. The molecule has 162 valence electrons. The maximum Gasteiger partial charge on any atom is 0.278 e. The molecule has 7 nitrogen and oxygen atoms in total. The molecule has 1 saturated carbocycles. The van der Waals surface area contributed by atoms with Crippen molar-refractivity contribution >= 4 is 29.3 Å². The van der Waals surface area contributed by atoms with Gasteiger partial charge in [-0.3, -0.25) is 9.59 Å². The number of rotatable bonds is 8. The largest absolute Gasteiger partial charge is 1.00 e. The van der Waals surface area contributed by atoms with Gasteiger partial charge in [-0.05, 0) is 55.7 Å². The summed E-state index contributed by atoms with van der Waals surface area (Å²) in [5.74, 6) is 2.86. The van der Waals surface area contributed by atoms with Gasteiger partial charge in [0.05, 0.1) is 0 Å². The summed E-state index contributed by atoms with van der Waals surface area (Å²) in [6.07, 6.45) is 6.43. The number of ether oxygens (including phenoxy) is 2. The molecule has 0 saturated heterocycles. The Hall–Kier alpha value is -1.64. The normalized spacial score (nSPS) is 21.0. The van der Waals surface area contributed by atoms with E-state index in [1.807, 2.05) is 18.4 Å². The molecule has 1 heterocycles. The maximum absolute atomic E-state index is 12.6. The molecule has 3 rings (SSSR count). The zero-order valence-corrected chi connectivity index (χ0v) is 18.3. The van der Waals surface area contributed by atoms with E-state index in [2.05, 4.69) is 16.4 Å². The van der Waals surface area contributed by atoms with E-state index >= 15 is 0 Å². The average Bonchev–Trinajstić information content (AvgIpc) is 3.18. The third kappa shape index (κ3) is 6.69. The van der Waals surface area contributed by atoms with Crippen molar-refractivity contribution in [2.24, 2.45) is 11.8 Å². The minimum Gasteiger partial charge on any atom is -1.00 e. The lowest BCUT2D eigenvalue weighted by atomic mass is 9.81. The lowest BCUT2D eigenvalue weighted by Crippen LogP contribution is -3.00. The highest BCUT2D eigenvalue weighted by atomic mass is 35.5. The van der Waals surface area contributed by atoms with Crippen LogP contribution in [0.15, 0.2) is 18.2 Å². The van der Waals surface area contributed by atoms with Gasteiger partial charge >= 0.3 is 0 Å². The fourth-order valence-corrected chi connectivity index (χ4v) is 4.15. The summed E-state index contributed by atoms with van der Waals surface area (Å²) in [7, 11) is 0. The molecule has 0 bridgehead atoms. The van der Waals surface area contributed by atoms with E-state index in [1.54, 1.807) is 17.8 Å². The number of anilines is 1. The first-order valence-electron chi connectivity index (χ1n) is 9.87. The van der Waals surface area contributed by atoms with Crippen LogP contribution in [0, 0.1) is 11.8 Å². The number of carbonyl (C=O) groups is 2. The van der Waals surface area contributed by atoms with Gasteiger partial charge in [-0.25, -0.2) is 0 Å². The van der Waals surface area contributed by atoms with E-state index in [0.29, 0.717) is 24.0 Å². The van der Waals surface area contributed by atoms with Crippen molar-refractivity contribution < 1.29 is 37.2 Å². The van der Waals surface area contributed by atoms with Gasteiger partial charge in [-0.1, -0.05) is 0 Å². The third-order valence-electron chi connectivity index (χ3n) is 5.46. The van der Waals surface area contributed by atoms with Crippen molar-refractivity contribution in [1.29, 1.82) is 0 Å².